The SMILES string of the molecule is CC[C@H]1NC(=O)N(c2ccc(Oc3cccc4c3[C@H](C)OC4)nc2)C1=O. The molecule has 2 aromatic rings. The fraction of sp³-hybridized carbons (Fsp3) is 0.316. The van der Waals surface area contributed by atoms with Crippen LogP contribution >= 0.6 is 0 Å². The van der Waals surface area contributed by atoms with Gasteiger partial charge >= 0.3 is 6.03 Å². The van der Waals surface area contributed by atoms with E-state index in [2.05, 4.69) is 10.3 Å². The number of benzene rings is 1. The van der Waals surface area contributed by atoms with Gasteiger partial charge < -0.3 is 14.8 Å². The van der Waals surface area contributed by atoms with Crippen molar-refractivity contribution in [1.82, 2.24) is 10.3 Å². The summed E-state index contributed by atoms with van der Waals surface area (Å²) in [7, 11) is 0. The van der Waals surface area contributed by atoms with Gasteiger partial charge in [0.1, 0.15) is 11.8 Å². The van der Waals surface area contributed by atoms with Gasteiger partial charge in [-0.3, -0.25) is 4.79 Å². The Bertz CT molecular complexity index is 866. The average Bonchev–Trinajstić information content (AvgIpc) is 3.16. The van der Waals surface area contributed by atoms with Gasteiger partial charge in [0.15, 0.2) is 0 Å². The maximum atomic E-state index is 12.3. The highest BCUT2D eigenvalue weighted by Gasteiger charge is 2.38. The lowest BCUT2D eigenvalue weighted by Gasteiger charge is -2.14. The molecule has 7 nitrogen and oxygen atoms in total. The Kier molecular flexibility index (Phi) is 4.08. The minimum Gasteiger partial charge on any atom is -0.439 e. The van der Waals surface area contributed by atoms with E-state index in [1.807, 2.05) is 32.0 Å². The van der Waals surface area contributed by atoms with Crippen molar-refractivity contribution < 1.29 is 19.1 Å². The number of nitrogens with one attached hydrogen (secondary N) is 1. The Morgan fingerprint density at radius 1 is 1.31 bits per heavy atom. The molecule has 1 N–H and O–H groups in total. The van der Waals surface area contributed by atoms with E-state index in [9.17, 15) is 9.59 Å². The van der Waals surface area contributed by atoms with Crippen molar-refractivity contribution in [3.63, 3.8) is 0 Å². The zero-order chi connectivity index (χ0) is 18.3. The van der Waals surface area contributed by atoms with Crippen LogP contribution in [-0.2, 0) is 16.1 Å². The van der Waals surface area contributed by atoms with Crippen molar-refractivity contribution in [3.8, 4) is 11.6 Å². The van der Waals surface area contributed by atoms with Crippen LogP contribution in [0.2, 0.25) is 0 Å². The summed E-state index contributed by atoms with van der Waals surface area (Å²) in [5.41, 5.74) is 2.56. The molecule has 4 rings (SSSR count). The first-order chi connectivity index (χ1) is 12.6. The van der Waals surface area contributed by atoms with Gasteiger partial charge in [-0.25, -0.2) is 14.7 Å². The molecule has 3 amide bonds. The van der Waals surface area contributed by atoms with E-state index in [4.69, 9.17) is 9.47 Å². The molecular weight excluding hydrogens is 334 g/mol. The first-order valence-corrected chi connectivity index (χ1v) is 8.60. The maximum Gasteiger partial charge on any atom is 0.329 e. The molecule has 0 unspecified atom stereocenters. The van der Waals surface area contributed by atoms with Crippen LogP contribution in [-0.4, -0.2) is 23.0 Å². The first-order valence-electron chi connectivity index (χ1n) is 8.60. The number of anilines is 1. The molecule has 0 saturated carbocycles. The second-order valence-electron chi connectivity index (χ2n) is 6.32. The van der Waals surface area contributed by atoms with Crippen molar-refractivity contribution in [2.45, 2.75) is 39.0 Å². The number of pyridine rings is 1. The smallest absolute Gasteiger partial charge is 0.329 e. The highest BCUT2D eigenvalue weighted by Crippen LogP contribution is 2.38. The van der Waals surface area contributed by atoms with Crippen LogP contribution in [0.15, 0.2) is 36.5 Å². The highest BCUT2D eigenvalue weighted by molar-refractivity contribution is 6.21. The van der Waals surface area contributed by atoms with Gasteiger partial charge in [0, 0.05) is 11.6 Å². The quantitative estimate of drug-likeness (QED) is 0.853. The number of nitrogens with zero attached hydrogens (tertiary/aromatic N) is 2. The van der Waals surface area contributed by atoms with Crippen molar-refractivity contribution in [2.24, 2.45) is 0 Å². The van der Waals surface area contributed by atoms with Crippen molar-refractivity contribution in [1.29, 1.82) is 0 Å². The van der Waals surface area contributed by atoms with E-state index in [-0.39, 0.29) is 12.0 Å². The zero-order valence-electron chi connectivity index (χ0n) is 14.6. The minimum absolute atomic E-state index is 0.0302. The molecule has 2 aliphatic rings. The van der Waals surface area contributed by atoms with E-state index in [0.29, 0.717) is 30.3 Å². The van der Waals surface area contributed by atoms with Crippen LogP contribution in [0.3, 0.4) is 0 Å². The standard InChI is InChI=1S/C19H19N3O4/c1-3-14-18(23)22(19(24)21-14)13-7-8-16(20-9-13)26-15-6-4-5-12-10-25-11(2)17(12)15/h4-9,11,14H,3,10H2,1-2H3,(H,21,24)/t11-,14+/m0/s1. The van der Waals surface area contributed by atoms with E-state index in [0.717, 1.165) is 16.0 Å². The Morgan fingerprint density at radius 2 is 2.15 bits per heavy atom. The Morgan fingerprint density at radius 3 is 2.85 bits per heavy atom. The van der Waals surface area contributed by atoms with Crippen LogP contribution in [0.5, 0.6) is 11.6 Å². The number of rotatable bonds is 4. The molecule has 1 saturated heterocycles. The van der Waals surface area contributed by atoms with E-state index >= 15 is 0 Å². The predicted octanol–water partition coefficient (Wildman–Crippen LogP) is 3.30. The summed E-state index contributed by atoms with van der Waals surface area (Å²) < 4.78 is 11.6. The third kappa shape index (κ3) is 2.70. The molecule has 1 aromatic carbocycles. The van der Waals surface area contributed by atoms with E-state index in [1.165, 1.54) is 6.20 Å². The van der Waals surface area contributed by atoms with Crippen molar-refractivity contribution in [3.05, 3.63) is 47.7 Å². The summed E-state index contributed by atoms with van der Waals surface area (Å²) in [6.07, 6.45) is 1.99. The van der Waals surface area contributed by atoms with Gasteiger partial charge in [-0.2, -0.15) is 0 Å². The lowest BCUT2D eigenvalue weighted by Crippen LogP contribution is -2.31. The lowest BCUT2D eigenvalue weighted by molar-refractivity contribution is -0.118. The molecule has 0 bridgehead atoms. The molecule has 0 aliphatic carbocycles. The van der Waals surface area contributed by atoms with Crippen LogP contribution in [0.4, 0.5) is 10.5 Å². The molecule has 1 aromatic heterocycles. The number of amides is 3. The highest BCUT2D eigenvalue weighted by atomic mass is 16.5. The minimum atomic E-state index is -0.480. The van der Waals surface area contributed by atoms with Crippen molar-refractivity contribution in [2.75, 3.05) is 4.90 Å². The van der Waals surface area contributed by atoms with Gasteiger partial charge in [0.25, 0.3) is 5.91 Å². The predicted molar refractivity (Wildman–Crippen MR) is 94.1 cm³/mol. The molecular formula is C19H19N3O4. The Balaban J connectivity index is 1.56. The molecule has 134 valence electrons. The number of hydrogen-bond donors (Lipinski definition) is 1. The van der Waals surface area contributed by atoms with Crippen LogP contribution < -0.4 is 15.0 Å². The largest absolute Gasteiger partial charge is 0.439 e. The van der Waals surface area contributed by atoms with Crippen LogP contribution in [0.25, 0.3) is 0 Å². The van der Waals surface area contributed by atoms with Crippen LogP contribution in [0, 0.1) is 0 Å². The summed E-state index contributed by atoms with van der Waals surface area (Å²) in [6.45, 7) is 4.41. The number of aromatic nitrogens is 1. The third-order valence-corrected chi connectivity index (χ3v) is 4.67. The van der Waals surface area contributed by atoms with Crippen molar-refractivity contribution >= 4 is 17.6 Å². The molecule has 0 spiro atoms. The number of carbonyl (C=O) groups excluding carboxylic acids is 2. The van der Waals surface area contributed by atoms with Gasteiger partial charge in [0.2, 0.25) is 5.88 Å². The second kappa shape index (κ2) is 6.42. The number of hydrogen-bond acceptors (Lipinski definition) is 5. The molecule has 0 radical (unpaired) electrons. The van der Waals surface area contributed by atoms with Gasteiger partial charge in [-0.05, 0) is 31.0 Å². The van der Waals surface area contributed by atoms with E-state index < -0.39 is 12.1 Å². The molecule has 26 heavy (non-hydrogen) atoms. The summed E-state index contributed by atoms with van der Waals surface area (Å²) >= 11 is 0. The average molecular weight is 353 g/mol. The summed E-state index contributed by atoms with van der Waals surface area (Å²) in [5.74, 6) is 0.828. The fourth-order valence-corrected chi connectivity index (χ4v) is 3.29. The Labute approximate surface area is 150 Å². The number of urea groups is 1. The molecule has 2 atom stereocenters. The Hall–Kier alpha value is -2.93. The summed E-state index contributed by atoms with van der Waals surface area (Å²) in [6, 6.07) is 8.21. The fourth-order valence-electron chi connectivity index (χ4n) is 3.29. The maximum absolute atomic E-state index is 12.3. The number of imide groups is 1. The molecule has 2 aliphatic heterocycles. The molecule has 7 heteroatoms. The zero-order valence-corrected chi connectivity index (χ0v) is 14.6. The third-order valence-electron chi connectivity index (χ3n) is 4.67. The van der Waals surface area contributed by atoms with Gasteiger partial charge in [-0.15, -0.1) is 0 Å². The normalized spacial score (nSPS) is 21.7. The van der Waals surface area contributed by atoms with E-state index in [1.54, 1.807) is 12.1 Å². The number of fused-ring (bicyclic) bond motifs is 1. The summed E-state index contributed by atoms with van der Waals surface area (Å²) in [4.78, 5) is 29.6. The monoisotopic (exact) mass is 353 g/mol. The number of carbonyl (C=O) groups is 2. The topological polar surface area (TPSA) is 80.8 Å². The molecule has 1 fully saturated rings. The van der Waals surface area contributed by atoms with Gasteiger partial charge in [-0.1, -0.05) is 19.1 Å². The lowest BCUT2D eigenvalue weighted by atomic mass is 10.1. The van der Waals surface area contributed by atoms with Crippen LogP contribution in [0.1, 0.15) is 37.5 Å². The van der Waals surface area contributed by atoms with Gasteiger partial charge in [0.05, 0.1) is 24.6 Å². The number of ether oxygens (including phenoxy) is 2. The summed E-state index contributed by atoms with van der Waals surface area (Å²) in [5, 5.41) is 2.65. The molecule has 3 heterocycles. The first kappa shape index (κ1) is 16.5. The second-order valence-corrected chi connectivity index (χ2v) is 6.32.